The Kier molecular flexibility index (Phi) is 4.65. The summed E-state index contributed by atoms with van der Waals surface area (Å²) in [5, 5.41) is 25.0. The molecule has 3 aliphatic carbocycles. The quantitative estimate of drug-likeness (QED) is 0.308. The van der Waals surface area contributed by atoms with Crippen molar-refractivity contribution in [2.24, 2.45) is 5.92 Å². The van der Waals surface area contributed by atoms with Gasteiger partial charge in [-0.3, -0.25) is 9.38 Å². The number of hydrogen-bond donors (Lipinski definition) is 3. The molecule has 36 heavy (non-hydrogen) atoms. The first kappa shape index (κ1) is 23.3. The Balaban J connectivity index is 0.00000220. The van der Waals surface area contributed by atoms with Crippen molar-refractivity contribution in [1.82, 2.24) is 14.4 Å². The number of nitrogens with zero attached hydrogens (tertiary/aromatic N) is 2. The molecule has 0 radical (unpaired) electrons. The van der Waals surface area contributed by atoms with E-state index < -0.39 is 11.0 Å². The Morgan fingerprint density at radius 2 is 1.97 bits per heavy atom. The molecule has 1 aromatic heterocycles. The van der Waals surface area contributed by atoms with Gasteiger partial charge >= 0.3 is 0 Å². The third-order valence-electron chi connectivity index (χ3n) is 9.92. The van der Waals surface area contributed by atoms with Crippen molar-refractivity contribution in [3.05, 3.63) is 52.7 Å². The summed E-state index contributed by atoms with van der Waals surface area (Å²) in [5.74, 6) is 1.57. The number of piperidine rings is 1. The van der Waals surface area contributed by atoms with Gasteiger partial charge in [0.25, 0.3) is 0 Å². The Bertz CT molecular complexity index is 1420. The van der Waals surface area contributed by atoms with Gasteiger partial charge in [-0.1, -0.05) is 6.07 Å². The van der Waals surface area contributed by atoms with Crippen LogP contribution in [-0.4, -0.2) is 66.0 Å². The van der Waals surface area contributed by atoms with E-state index in [0.717, 1.165) is 53.1 Å². The second kappa shape index (κ2) is 7.18. The minimum atomic E-state index is -0.939. The van der Waals surface area contributed by atoms with E-state index in [-0.39, 0.29) is 41.9 Å². The van der Waals surface area contributed by atoms with E-state index in [1.54, 1.807) is 6.07 Å². The molecule has 3 heterocycles. The summed E-state index contributed by atoms with van der Waals surface area (Å²) < 4.78 is 7.43. The highest BCUT2D eigenvalue weighted by Crippen LogP contribution is 2.69. The van der Waals surface area contributed by atoms with Crippen LogP contribution in [0, 0.1) is 5.92 Å². The van der Waals surface area contributed by atoms with Gasteiger partial charge in [0.2, 0.25) is 0 Å². The molecule has 0 amide bonds. The van der Waals surface area contributed by atoms with Gasteiger partial charge < -0.3 is 43.9 Å². The number of rotatable bonds is 3. The van der Waals surface area contributed by atoms with Gasteiger partial charge in [-0.05, 0) is 61.4 Å². The lowest BCUT2D eigenvalue weighted by Gasteiger charge is -2.62. The van der Waals surface area contributed by atoms with Gasteiger partial charge in [0, 0.05) is 47.6 Å². The highest BCUT2D eigenvalue weighted by atomic mass is 127. The molecule has 7 heteroatoms. The first-order chi connectivity index (χ1) is 16.7. The van der Waals surface area contributed by atoms with Gasteiger partial charge in [-0.25, -0.2) is 0 Å². The largest absolute Gasteiger partial charge is 1.00 e. The van der Waals surface area contributed by atoms with Crippen LogP contribution in [-0.2, 0) is 18.3 Å². The Morgan fingerprint density at radius 1 is 1.17 bits per heavy atom. The topological polar surface area (TPSA) is 68.7 Å². The van der Waals surface area contributed by atoms with Crippen LogP contribution in [0.2, 0.25) is 0 Å². The second-order valence-corrected chi connectivity index (χ2v) is 12.7. The molecule has 2 aromatic carbocycles. The molecule has 6 nitrogen and oxygen atoms in total. The number of phenols is 1. The fraction of sp³-hybridized carbons (Fsp3) is 0.517. The molecule has 4 atom stereocenters. The summed E-state index contributed by atoms with van der Waals surface area (Å²) >= 11 is 0. The predicted molar refractivity (Wildman–Crippen MR) is 136 cm³/mol. The maximum atomic E-state index is 12.9. The molecule has 0 unspecified atom stereocenters. The number of aromatic nitrogens is 1. The molecule has 1 spiro atoms. The third-order valence-corrected chi connectivity index (χ3v) is 9.92. The summed E-state index contributed by atoms with van der Waals surface area (Å²) in [6.07, 6.45) is 4.58. The van der Waals surface area contributed by atoms with Crippen molar-refractivity contribution in [2.45, 2.75) is 55.3 Å². The van der Waals surface area contributed by atoms with E-state index in [1.807, 2.05) is 0 Å². The molecule has 1 saturated carbocycles. The third kappa shape index (κ3) is 2.73. The molecule has 5 aliphatic rings. The Morgan fingerprint density at radius 3 is 2.72 bits per heavy atom. The van der Waals surface area contributed by atoms with Crippen LogP contribution in [0.5, 0.6) is 11.5 Å². The number of phenolic OH excluding ortho intramolecular Hbond substituents is 1. The first-order valence-corrected chi connectivity index (χ1v) is 13.2. The van der Waals surface area contributed by atoms with Gasteiger partial charge in [0.05, 0.1) is 37.9 Å². The first-order valence-electron chi connectivity index (χ1n) is 13.2. The van der Waals surface area contributed by atoms with Crippen LogP contribution in [0.25, 0.3) is 10.9 Å². The van der Waals surface area contributed by atoms with Crippen LogP contribution in [0.4, 0.5) is 5.69 Å². The van der Waals surface area contributed by atoms with Gasteiger partial charge in [-0.15, -0.1) is 0 Å². The predicted octanol–water partition coefficient (Wildman–Crippen LogP) is 0.773. The van der Waals surface area contributed by atoms with E-state index in [4.69, 9.17) is 4.74 Å². The number of ether oxygens (including phenoxy) is 1. The molecular formula is C29H34IN3O3. The summed E-state index contributed by atoms with van der Waals surface area (Å²) in [6, 6.07) is 10.6. The lowest BCUT2D eigenvalue weighted by molar-refractivity contribution is -0.173. The molecular weight excluding hydrogens is 565 g/mol. The van der Waals surface area contributed by atoms with Gasteiger partial charge in [-0.2, -0.15) is 0 Å². The minimum Gasteiger partial charge on any atom is -1.00 e. The zero-order valence-corrected chi connectivity index (χ0v) is 23.3. The van der Waals surface area contributed by atoms with Crippen LogP contribution in [0.15, 0.2) is 30.3 Å². The maximum absolute atomic E-state index is 12.9. The zero-order chi connectivity index (χ0) is 23.9. The highest BCUT2D eigenvalue weighted by Gasteiger charge is 2.72. The van der Waals surface area contributed by atoms with Gasteiger partial charge in [0.1, 0.15) is 5.69 Å². The smallest absolute Gasteiger partial charge is 0.166 e. The molecule has 190 valence electrons. The van der Waals surface area contributed by atoms with Crippen molar-refractivity contribution >= 4 is 16.6 Å². The number of benzene rings is 2. The summed E-state index contributed by atoms with van der Waals surface area (Å²) in [5.41, 5.74) is 5.45. The summed E-state index contributed by atoms with van der Waals surface area (Å²) in [7, 11) is 6.56. The standard InChI is InChI=1S/C29H33N3O3.HI/c1-32(2,3)18-7-8-21-19(13-18)20-14-29(34)23-12-17-6-9-22(33)26-24(17)28(29,27(35-26)25(20)30-21)10-11-31(23)15-16-4-5-16;/h6-9,13,16,23,27,30,34H,4-5,10-12,14-15H2,1-3H3;1H/t23-,27-,28-,29+;/m0./s1. The number of quaternary nitrogens is 1. The number of hydrogen-bond acceptors (Lipinski definition) is 4. The van der Waals surface area contributed by atoms with Crippen molar-refractivity contribution in [2.75, 3.05) is 34.2 Å². The molecule has 3 N–H and O–H groups in total. The molecule has 3 aromatic rings. The fourth-order valence-corrected chi connectivity index (χ4v) is 8.03. The molecule has 2 fully saturated rings. The van der Waals surface area contributed by atoms with E-state index in [0.29, 0.717) is 12.2 Å². The van der Waals surface area contributed by atoms with Crippen LogP contribution < -0.4 is 33.2 Å². The Labute approximate surface area is 228 Å². The Hall–Kier alpha value is -1.81. The van der Waals surface area contributed by atoms with E-state index in [9.17, 15) is 10.2 Å². The van der Waals surface area contributed by atoms with E-state index in [1.165, 1.54) is 35.0 Å². The number of halogens is 1. The fourth-order valence-electron chi connectivity index (χ4n) is 8.03. The van der Waals surface area contributed by atoms with Crippen molar-refractivity contribution in [3.63, 3.8) is 0 Å². The second-order valence-electron chi connectivity index (χ2n) is 12.7. The van der Waals surface area contributed by atoms with Gasteiger partial charge in [0.15, 0.2) is 17.6 Å². The minimum absolute atomic E-state index is 0. The molecule has 1 saturated heterocycles. The van der Waals surface area contributed by atoms with E-state index in [2.05, 4.69) is 55.3 Å². The number of fused-ring (bicyclic) bond motifs is 4. The van der Waals surface area contributed by atoms with Crippen LogP contribution in [0.3, 0.4) is 0 Å². The number of aliphatic hydroxyl groups is 1. The number of aromatic hydroxyl groups is 1. The maximum Gasteiger partial charge on any atom is 0.166 e. The van der Waals surface area contributed by atoms with Crippen molar-refractivity contribution < 1.29 is 38.9 Å². The molecule has 2 bridgehead atoms. The highest BCUT2D eigenvalue weighted by molar-refractivity contribution is 5.89. The lowest BCUT2D eigenvalue weighted by atomic mass is 9.49. The number of likely N-dealkylation sites (tertiary alicyclic amines) is 1. The summed E-state index contributed by atoms with van der Waals surface area (Å²) in [4.78, 5) is 6.30. The SMILES string of the molecule is C[N+](C)(C)c1ccc2[nH]c3c(c2c1)C[C@@]1(O)[C@@H]2Cc4ccc(O)c5c4[C@@]1(CCN2CC1CC1)[C@H]3O5.[I-]. The average molecular weight is 600 g/mol. The summed E-state index contributed by atoms with van der Waals surface area (Å²) in [6.45, 7) is 2.06. The van der Waals surface area contributed by atoms with Crippen molar-refractivity contribution in [1.29, 1.82) is 0 Å². The van der Waals surface area contributed by atoms with E-state index >= 15 is 0 Å². The number of H-pyrrole nitrogens is 1. The van der Waals surface area contributed by atoms with Crippen molar-refractivity contribution in [3.8, 4) is 11.5 Å². The number of aromatic amines is 1. The monoisotopic (exact) mass is 599 g/mol. The molecule has 2 aliphatic heterocycles. The van der Waals surface area contributed by atoms with Crippen LogP contribution in [0.1, 0.15) is 47.8 Å². The normalized spacial score (nSPS) is 32.0. The number of nitrogens with one attached hydrogen (secondary N) is 1. The lowest BCUT2D eigenvalue weighted by Crippen LogP contribution is -3.00. The van der Waals surface area contributed by atoms with Crippen LogP contribution >= 0.6 is 0 Å². The zero-order valence-electron chi connectivity index (χ0n) is 21.1. The molecule has 8 rings (SSSR count). The average Bonchev–Trinajstić information content (AvgIpc) is 3.44.